The summed E-state index contributed by atoms with van der Waals surface area (Å²) in [5, 5.41) is 6.86. The molecule has 0 radical (unpaired) electrons. The van der Waals surface area contributed by atoms with Gasteiger partial charge in [-0.2, -0.15) is 5.10 Å². The molecule has 0 saturated carbocycles. The summed E-state index contributed by atoms with van der Waals surface area (Å²) < 4.78 is 17.6. The lowest BCUT2D eigenvalue weighted by molar-refractivity contribution is 0.0779. The molecule has 0 saturated heterocycles. The molecule has 3 aromatic heterocycles. The lowest BCUT2D eigenvalue weighted by atomic mass is 10.1. The van der Waals surface area contributed by atoms with Gasteiger partial charge in [0.1, 0.15) is 11.6 Å². The van der Waals surface area contributed by atoms with E-state index in [9.17, 15) is 14.0 Å². The summed E-state index contributed by atoms with van der Waals surface area (Å²) in [5.74, 6) is -0.812. The van der Waals surface area contributed by atoms with E-state index in [0.717, 1.165) is 23.2 Å². The minimum Gasteiger partial charge on any atom is -0.337 e. The third-order valence-electron chi connectivity index (χ3n) is 4.90. The van der Waals surface area contributed by atoms with Crippen molar-refractivity contribution in [3.8, 4) is 0 Å². The van der Waals surface area contributed by atoms with Crippen molar-refractivity contribution in [3.05, 3.63) is 83.5 Å². The van der Waals surface area contributed by atoms with Gasteiger partial charge in [0.15, 0.2) is 5.69 Å². The predicted octanol–water partition coefficient (Wildman–Crippen LogP) is 3.04. The fraction of sp³-hybridized carbons (Fsp3) is 0.182. The number of hydrogen-bond acceptors (Lipinski definition) is 4. The zero-order valence-electron chi connectivity index (χ0n) is 17.3. The molecule has 0 aliphatic rings. The van der Waals surface area contributed by atoms with Crippen molar-refractivity contribution in [2.24, 2.45) is 7.05 Å². The number of fused-ring (bicyclic) bond motifs is 1. The van der Waals surface area contributed by atoms with Crippen LogP contribution in [0, 0.1) is 12.7 Å². The number of anilines is 1. The van der Waals surface area contributed by atoms with Crippen molar-refractivity contribution in [3.63, 3.8) is 0 Å². The summed E-state index contributed by atoms with van der Waals surface area (Å²) in [5.41, 5.74) is 2.30. The molecule has 8 nitrogen and oxygen atoms in total. The second kappa shape index (κ2) is 8.02. The number of nitrogens with one attached hydrogen (secondary N) is 1. The molecule has 31 heavy (non-hydrogen) atoms. The van der Waals surface area contributed by atoms with Crippen molar-refractivity contribution in [1.29, 1.82) is 0 Å². The second-order valence-electron chi connectivity index (χ2n) is 7.40. The largest absolute Gasteiger partial charge is 0.337 e. The average Bonchev–Trinajstić information content (AvgIpc) is 3.32. The van der Waals surface area contributed by atoms with Gasteiger partial charge in [-0.25, -0.2) is 13.9 Å². The molecule has 0 aliphatic carbocycles. The number of rotatable bonds is 5. The van der Waals surface area contributed by atoms with Crippen LogP contribution in [0.15, 0.2) is 55.0 Å². The molecule has 4 rings (SSSR count). The fourth-order valence-electron chi connectivity index (χ4n) is 3.25. The molecule has 0 unspecified atom stereocenters. The number of amides is 2. The highest BCUT2D eigenvalue weighted by Gasteiger charge is 2.17. The van der Waals surface area contributed by atoms with Crippen molar-refractivity contribution < 1.29 is 14.0 Å². The van der Waals surface area contributed by atoms with E-state index in [1.807, 2.05) is 26.1 Å². The van der Waals surface area contributed by atoms with Crippen molar-refractivity contribution in [1.82, 2.24) is 24.1 Å². The molecule has 0 spiro atoms. The summed E-state index contributed by atoms with van der Waals surface area (Å²) in [4.78, 5) is 31.0. The number of halogens is 1. The van der Waals surface area contributed by atoms with E-state index in [0.29, 0.717) is 5.82 Å². The number of imidazole rings is 1. The minimum atomic E-state index is -0.628. The Labute approximate surface area is 177 Å². The monoisotopic (exact) mass is 420 g/mol. The van der Waals surface area contributed by atoms with E-state index in [1.165, 1.54) is 11.0 Å². The van der Waals surface area contributed by atoms with Crippen LogP contribution in [-0.2, 0) is 13.6 Å². The first-order valence-electron chi connectivity index (χ1n) is 9.60. The minimum absolute atomic E-state index is 0.123. The van der Waals surface area contributed by atoms with E-state index in [1.54, 1.807) is 40.8 Å². The van der Waals surface area contributed by atoms with Gasteiger partial charge < -0.3 is 14.8 Å². The Morgan fingerprint density at radius 3 is 2.71 bits per heavy atom. The van der Waals surface area contributed by atoms with Gasteiger partial charge in [0.2, 0.25) is 0 Å². The van der Waals surface area contributed by atoms with Gasteiger partial charge in [0.25, 0.3) is 11.8 Å². The lowest BCUT2D eigenvalue weighted by Crippen LogP contribution is -2.27. The molecule has 1 N–H and O–H groups in total. The van der Waals surface area contributed by atoms with Crippen LogP contribution in [0.2, 0.25) is 0 Å². The van der Waals surface area contributed by atoms with Gasteiger partial charge in [-0.15, -0.1) is 0 Å². The molecule has 158 valence electrons. The number of aryl methyl sites for hydroxylation is 2. The van der Waals surface area contributed by atoms with Crippen molar-refractivity contribution in [2.45, 2.75) is 13.5 Å². The smallest absolute Gasteiger partial charge is 0.276 e. The molecule has 0 atom stereocenters. The summed E-state index contributed by atoms with van der Waals surface area (Å²) in [6.45, 7) is 2.21. The third-order valence-corrected chi connectivity index (χ3v) is 4.90. The summed E-state index contributed by atoms with van der Waals surface area (Å²) >= 11 is 0. The van der Waals surface area contributed by atoms with Crippen LogP contribution in [0.4, 0.5) is 10.1 Å². The molecular formula is C22H21FN6O2. The Hall–Kier alpha value is -4.01. The van der Waals surface area contributed by atoms with Crippen LogP contribution in [0.5, 0.6) is 0 Å². The molecule has 3 heterocycles. The number of carbonyl (C=O) groups is 2. The van der Waals surface area contributed by atoms with Crippen molar-refractivity contribution in [2.75, 3.05) is 12.4 Å². The molecular weight excluding hydrogens is 399 g/mol. The zero-order valence-corrected chi connectivity index (χ0v) is 17.3. The van der Waals surface area contributed by atoms with Crippen LogP contribution in [-0.4, -0.2) is 42.9 Å². The van der Waals surface area contributed by atoms with Crippen LogP contribution in [0.3, 0.4) is 0 Å². The summed E-state index contributed by atoms with van der Waals surface area (Å²) in [7, 11) is 3.44. The van der Waals surface area contributed by atoms with Gasteiger partial charge in [-0.1, -0.05) is 0 Å². The molecule has 0 bridgehead atoms. The van der Waals surface area contributed by atoms with Crippen LogP contribution >= 0.6 is 0 Å². The number of aromatic nitrogens is 4. The zero-order chi connectivity index (χ0) is 22.1. The highest BCUT2D eigenvalue weighted by molar-refractivity contribution is 6.04. The maximum atomic E-state index is 14.2. The van der Waals surface area contributed by atoms with E-state index in [2.05, 4.69) is 15.4 Å². The highest BCUT2D eigenvalue weighted by atomic mass is 19.1. The Morgan fingerprint density at radius 2 is 1.97 bits per heavy atom. The van der Waals surface area contributed by atoms with Gasteiger partial charge in [-0.3, -0.25) is 9.59 Å². The normalized spacial score (nSPS) is 11.0. The van der Waals surface area contributed by atoms with Crippen LogP contribution in [0.25, 0.3) is 5.52 Å². The Kier molecular flexibility index (Phi) is 5.24. The molecule has 0 aliphatic heterocycles. The van der Waals surface area contributed by atoms with E-state index >= 15 is 0 Å². The van der Waals surface area contributed by atoms with E-state index in [-0.39, 0.29) is 29.4 Å². The van der Waals surface area contributed by atoms with Gasteiger partial charge in [0.05, 0.1) is 12.1 Å². The maximum absolute atomic E-state index is 14.2. The summed E-state index contributed by atoms with van der Waals surface area (Å²) in [6.07, 6.45) is 5.19. The predicted molar refractivity (Wildman–Crippen MR) is 113 cm³/mol. The Bertz CT molecular complexity index is 1290. The quantitative estimate of drug-likeness (QED) is 0.538. The molecule has 4 aromatic rings. The molecule has 2 amide bonds. The van der Waals surface area contributed by atoms with Crippen molar-refractivity contribution >= 4 is 23.0 Å². The van der Waals surface area contributed by atoms with Gasteiger partial charge >= 0.3 is 0 Å². The summed E-state index contributed by atoms with van der Waals surface area (Å²) in [6, 6.07) is 9.17. The number of pyridine rings is 1. The first-order valence-corrected chi connectivity index (χ1v) is 9.60. The average molecular weight is 420 g/mol. The fourth-order valence-corrected chi connectivity index (χ4v) is 3.25. The number of benzene rings is 1. The van der Waals surface area contributed by atoms with Crippen LogP contribution in [0.1, 0.15) is 32.2 Å². The first-order chi connectivity index (χ1) is 14.8. The number of nitrogens with zero attached hydrogens (tertiary/aromatic N) is 5. The lowest BCUT2D eigenvalue weighted by Gasteiger charge is -2.17. The molecule has 0 fully saturated rings. The standard InChI is InChI=1S/C22H21FN6O2/c1-14-4-6-29-18(8-14)12-19(26-29)21(30)25-17-10-15(9-16(23)11-17)22(31)28(3)13-20-24-5-7-27(20)2/h4-12H,13H2,1-3H3,(H,25,30). The van der Waals surface area contributed by atoms with Crippen LogP contribution < -0.4 is 5.32 Å². The Balaban J connectivity index is 1.53. The number of hydrogen-bond donors (Lipinski definition) is 1. The van der Waals surface area contributed by atoms with E-state index < -0.39 is 11.7 Å². The highest BCUT2D eigenvalue weighted by Crippen LogP contribution is 2.18. The topological polar surface area (TPSA) is 84.5 Å². The third kappa shape index (κ3) is 4.30. The van der Waals surface area contributed by atoms with Gasteiger partial charge in [0, 0.05) is 43.9 Å². The van der Waals surface area contributed by atoms with Gasteiger partial charge in [-0.05, 0) is 48.9 Å². The SMILES string of the molecule is Cc1ccn2nc(C(=O)Nc3cc(F)cc(C(=O)N(C)Cc4nccn4C)c3)cc2c1. The second-order valence-corrected chi connectivity index (χ2v) is 7.40. The molecule has 1 aromatic carbocycles. The van der Waals surface area contributed by atoms with E-state index in [4.69, 9.17) is 0 Å². The first kappa shape index (κ1) is 20.3. The number of carbonyl (C=O) groups excluding carboxylic acids is 2. The Morgan fingerprint density at radius 1 is 1.16 bits per heavy atom. The maximum Gasteiger partial charge on any atom is 0.276 e. The molecule has 9 heteroatoms.